The minimum absolute atomic E-state index is 0.0745. The van der Waals surface area contributed by atoms with E-state index in [0.717, 1.165) is 5.56 Å². The van der Waals surface area contributed by atoms with Crippen molar-refractivity contribution in [3.05, 3.63) is 33.9 Å². The van der Waals surface area contributed by atoms with Crippen LogP contribution in [-0.4, -0.2) is 39.8 Å². The first-order chi connectivity index (χ1) is 9.35. The van der Waals surface area contributed by atoms with E-state index in [1.807, 2.05) is 13.8 Å². The summed E-state index contributed by atoms with van der Waals surface area (Å²) in [6.45, 7) is 3.98. The van der Waals surface area contributed by atoms with Gasteiger partial charge in [0.1, 0.15) is 17.1 Å². The number of aromatic hydroxyl groups is 1. The number of hydrogen-bond acceptors (Lipinski definition) is 4. The van der Waals surface area contributed by atoms with E-state index in [1.165, 1.54) is 0 Å². The van der Waals surface area contributed by atoms with Crippen molar-refractivity contribution in [2.75, 3.05) is 13.2 Å². The summed E-state index contributed by atoms with van der Waals surface area (Å²) in [5, 5.41) is 21.7. The van der Waals surface area contributed by atoms with Crippen molar-refractivity contribution in [2.24, 2.45) is 0 Å². The Kier molecular flexibility index (Phi) is 4.06. The molecule has 1 aliphatic heterocycles. The number of aliphatic hydroxyl groups excluding tert-OH is 1. The lowest BCUT2D eigenvalue weighted by Gasteiger charge is -2.30. The number of β-amino-alcohol motifs (C(OH)–C–C–N with tert-alkyl or cyclic N) is 1. The quantitative estimate of drug-likeness (QED) is 0.731. The highest BCUT2D eigenvalue weighted by Crippen LogP contribution is 2.28. The van der Waals surface area contributed by atoms with E-state index in [0.29, 0.717) is 10.2 Å². The Morgan fingerprint density at radius 2 is 2.15 bits per heavy atom. The van der Waals surface area contributed by atoms with Crippen molar-refractivity contribution in [3.63, 3.8) is 0 Å². The van der Waals surface area contributed by atoms with Crippen LogP contribution in [0.25, 0.3) is 6.08 Å². The maximum atomic E-state index is 12.3. The number of carbonyl (C=O) groups excluding carboxylic acids is 1. The smallest absolute Gasteiger partial charge is 0.271 e. The number of nitrogens with zero attached hydrogens (tertiary/aromatic N) is 1. The molecular weight excluding hydrogens is 324 g/mol. The van der Waals surface area contributed by atoms with Crippen LogP contribution >= 0.6 is 15.9 Å². The van der Waals surface area contributed by atoms with E-state index in [2.05, 4.69) is 21.2 Å². The summed E-state index contributed by atoms with van der Waals surface area (Å²) in [5.41, 5.74) is 0.744. The zero-order valence-corrected chi connectivity index (χ0v) is 12.9. The number of benzene rings is 1. The number of amides is 1. The number of rotatable bonds is 3. The molecule has 1 aliphatic rings. The fourth-order valence-electron chi connectivity index (χ4n) is 2.21. The summed E-state index contributed by atoms with van der Waals surface area (Å²) >= 11 is 3.24. The molecule has 3 N–H and O–H groups in total. The molecule has 1 aromatic rings. The van der Waals surface area contributed by atoms with E-state index in [-0.39, 0.29) is 24.8 Å². The zero-order valence-electron chi connectivity index (χ0n) is 11.4. The largest absolute Gasteiger partial charge is 0.507 e. The molecule has 2 rings (SSSR count). The standard InChI is InChI=1S/C14H17BrN2O3/c1-14(2)16-11(13(20)17(14)5-6-18)8-9-3-4-12(19)10(15)7-9/h3-4,7-8,16,18-19H,5-6H2,1-2H3/b11-8-. The normalized spacial score (nSPS) is 19.5. The highest BCUT2D eigenvalue weighted by atomic mass is 79.9. The lowest BCUT2D eigenvalue weighted by atomic mass is 10.2. The first-order valence-electron chi connectivity index (χ1n) is 6.26. The number of phenolic OH excluding ortho intramolecular Hbond substituents is 1. The van der Waals surface area contributed by atoms with Crippen molar-refractivity contribution in [1.82, 2.24) is 10.2 Å². The predicted octanol–water partition coefficient (Wildman–Crippen LogP) is 1.66. The summed E-state index contributed by atoms with van der Waals surface area (Å²) in [4.78, 5) is 13.9. The van der Waals surface area contributed by atoms with Gasteiger partial charge in [0.15, 0.2) is 0 Å². The third-order valence-electron chi connectivity index (χ3n) is 3.20. The molecule has 0 saturated carbocycles. The van der Waals surface area contributed by atoms with Gasteiger partial charge in [0.2, 0.25) is 0 Å². The van der Waals surface area contributed by atoms with Crippen molar-refractivity contribution in [1.29, 1.82) is 0 Å². The molecule has 1 amide bonds. The number of carbonyl (C=O) groups is 1. The topological polar surface area (TPSA) is 72.8 Å². The molecule has 20 heavy (non-hydrogen) atoms. The fourth-order valence-corrected chi connectivity index (χ4v) is 2.60. The second kappa shape index (κ2) is 5.46. The molecule has 0 unspecified atom stereocenters. The molecule has 0 radical (unpaired) electrons. The predicted molar refractivity (Wildman–Crippen MR) is 79.8 cm³/mol. The molecule has 1 heterocycles. The highest BCUT2D eigenvalue weighted by molar-refractivity contribution is 9.10. The number of phenols is 1. The van der Waals surface area contributed by atoms with Crippen LogP contribution in [-0.2, 0) is 4.79 Å². The highest BCUT2D eigenvalue weighted by Gasteiger charge is 2.40. The molecule has 0 aliphatic carbocycles. The van der Waals surface area contributed by atoms with E-state index in [9.17, 15) is 9.90 Å². The third kappa shape index (κ3) is 2.81. The summed E-state index contributed by atoms with van der Waals surface area (Å²) < 4.78 is 0.573. The van der Waals surface area contributed by atoms with Gasteiger partial charge in [-0.25, -0.2) is 0 Å². The maximum absolute atomic E-state index is 12.3. The van der Waals surface area contributed by atoms with Crippen LogP contribution < -0.4 is 5.32 Å². The third-order valence-corrected chi connectivity index (χ3v) is 3.83. The van der Waals surface area contributed by atoms with Crippen molar-refractivity contribution >= 4 is 27.9 Å². The van der Waals surface area contributed by atoms with Crippen LogP contribution in [0.3, 0.4) is 0 Å². The summed E-state index contributed by atoms with van der Waals surface area (Å²) in [6, 6.07) is 5.02. The molecule has 1 aromatic carbocycles. The molecule has 0 aromatic heterocycles. The molecule has 0 bridgehead atoms. The zero-order chi connectivity index (χ0) is 14.9. The van der Waals surface area contributed by atoms with E-state index in [1.54, 1.807) is 29.2 Å². The molecule has 0 atom stereocenters. The Balaban J connectivity index is 2.31. The van der Waals surface area contributed by atoms with E-state index < -0.39 is 5.66 Å². The first kappa shape index (κ1) is 14.9. The van der Waals surface area contributed by atoms with Gasteiger partial charge in [0, 0.05) is 6.54 Å². The van der Waals surface area contributed by atoms with Gasteiger partial charge in [0.25, 0.3) is 5.91 Å². The maximum Gasteiger partial charge on any atom is 0.271 e. The summed E-state index contributed by atoms with van der Waals surface area (Å²) in [7, 11) is 0. The monoisotopic (exact) mass is 340 g/mol. The van der Waals surface area contributed by atoms with Gasteiger partial charge in [-0.2, -0.15) is 0 Å². The summed E-state index contributed by atoms with van der Waals surface area (Å²) in [6.07, 6.45) is 1.73. The average Bonchev–Trinajstić information content (AvgIpc) is 2.58. The van der Waals surface area contributed by atoms with Crippen molar-refractivity contribution in [3.8, 4) is 5.75 Å². The second-order valence-electron chi connectivity index (χ2n) is 5.13. The van der Waals surface area contributed by atoms with Crippen LogP contribution in [0.1, 0.15) is 19.4 Å². The number of hydrogen-bond donors (Lipinski definition) is 3. The molecule has 1 fully saturated rings. The molecule has 1 saturated heterocycles. The minimum Gasteiger partial charge on any atom is -0.507 e. The SMILES string of the molecule is CC1(C)N/C(=C\c2ccc(O)c(Br)c2)C(=O)N1CCO. The van der Waals surface area contributed by atoms with Gasteiger partial charge in [0.05, 0.1) is 11.1 Å². The second-order valence-corrected chi connectivity index (χ2v) is 5.99. The Hall–Kier alpha value is -1.53. The van der Waals surface area contributed by atoms with Crippen LogP contribution in [0.2, 0.25) is 0 Å². The Bertz CT molecular complexity index is 570. The van der Waals surface area contributed by atoms with Gasteiger partial charge < -0.3 is 20.4 Å². The van der Waals surface area contributed by atoms with Gasteiger partial charge in [-0.05, 0) is 53.5 Å². The lowest BCUT2D eigenvalue weighted by molar-refractivity contribution is -0.128. The molecule has 0 spiro atoms. The number of halogens is 1. The molecular formula is C14H17BrN2O3. The van der Waals surface area contributed by atoms with Crippen LogP contribution in [0.4, 0.5) is 0 Å². The van der Waals surface area contributed by atoms with E-state index >= 15 is 0 Å². The Morgan fingerprint density at radius 1 is 1.45 bits per heavy atom. The van der Waals surface area contributed by atoms with Gasteiger partial charge >= 0.3 is 0 Å². The molecule has 108 valence electrons. The first-order valence-corrected chi connectivity index (χ1v) is 7.05. The van der Waals surface area contributed by atoms with Crippen LogP contribution in [0, 0.1) is 0 Å². The minimum atomic E-state index is -0.528. The number of aliphatic hydroxyl groups is 1. The average molecular weight is 341 g/mol. The van der Waals surface area contributed by atoms with Gasteiger partial charge in [-0.3, -0.25) is 4.79 Å². The van der Waals surface area contributed by atoms with E-state index in [4.69, 9.17) is 5.11 Å². The fraction of sp³-hybridized carbons (Fsp3) is 0.357. The lowest BCUT2D eigenvalue weighted by Crippen LogP contribution is -2.47. The van der Waals surface area contributed by atoms with Crippen molar-refractivity contribution in [2.45, 2.75) is 19.5 Å². The Morgan fingerprint density at radius 3 is 2.75 bits per heavy atom. The van der Waals surface area contributed by atoms with Gasteiger partial charge in [-0.15, -0.1) is 0 Å². The Labute approximate surface area is 126 Å². The molecule has 6 heteroatoms. The van der Waals surface area contributed by atoms with Crippen molar-refractivity contribution < 1.29 is 15.0 Å². The number of nitrogens with one attached hydrogen (secondary N) is 1. The molecule has 5 nitrogen and oxygen atoms in total. The van der Waals surface area contributed by atoms with Crippen LogP contribution in [0.5, 0.6) is 5.75 Å². The van der Waals surface area contributed by atoms with Gasteiger partial charge in [-0.1, -0.05) is 6.07 Å². The van der Waals surface area contributed by atoms with Crippen LogP contribution in [0.15, 0.2) is 28.4 Å². The summed E-state index contributed by atoms with van der Waals surface area (Å²) in [5.74, 6) is 0.00772.